The van der Waals surface area contributed by atoms with Crippen LogP contribution in [0, 0.1) is 11.6 Å². The third-order valence-electron chi connectivity index (χ3n) is 12.8. The van der Waals surface area contributed by atoms with Crippen molar-refractivity contribution in [1.82, 2.24) is 0 Å². The minimum absolute atomic E-state index is 0.0682. The third-order valence-corrected chi connectivity index (χ3v) is 12.8. The quantitative estimate of drug-likeness (QED) is 0.184. The summed E-state index contributed by atoms with van der Waals surface area (Å²) in [6.45, 7) is 18.5. The van der Waals surface area contributed by atoms with E-state index < -0.39 is 30.0 Å². The van der Waals surface area contributed by atoms with Crippen molar-refractivity contribution in [2.24, 2.45) is 0 Å². The van der Waals surface area contributed by atoms with Crippen molar-refractivity contribution in [3.05, 3.63) is 120 Å². The molecule has 0 amide bonds. The van der Waals surface area contributed by atoms with Gasteiger partial charge in [0.1, 0.15) is 5.69 Å². The van der Waals surface area contributed by atoms with E-state index in [0.717, 1.165) is 48.7 Å². The maximum absolute atomic E-state index is 15.5. The van der Waals surface area contributed by atoms with E-state index in [1.54, 1.807) is 0 Å². The summed E-state index contributed by atoms with van der Waals surface area (Å²) in [4.78, 5) is 4.02. The Kier molecular flexibility index (Phi) is 11.0. The van der Waals surface area contributed by atoms with Crippen LogP contribution in [-0.2, 0) is 18.6 Å². The molecule has 4 aromatic rings. The van der Waals surface area contributed by atoms with E-state index in [-0.39, 0.29) is 30.0 Å². The fraction of sp³-hybridized carbons (Fsp3) is 0.467. The first-order chi connectivity index (χ1) is 26.1. The summed E-state index contributed by atoms with van der Waals surface area (Å²) in [6, 6.07) is 31.9. The predicted octanol–water partition coefficient (Wildman–Crippen LogP) is 8.98. The van der Waals surface area contributed by atoms with Crippen LogP contribution < -0.4 is 20.7 Å². The van der Waals surface area contributed by atoms with Gasteiger partial charge in [0.25, 0.3) is 0 Å². The lowest BCUT2D eigenvalue weighted by molar-refractivity contribution is 0.00578. The van der Waals surface area contributed by atoms with Crippen molar-refractivity contribution in [2.75, 3.05) is 29.4 Å². The van der Waals surface area contributed by atoms with E-state index in [1.807, 2.05) is 69.0 Å². The van der Waals surface area contributed by atoms with Crippen LogP contribution in [0.4, 0.5) is 20.2 Å². The van der Waals surface area contributed by atoms with Gasteiger partial charge in [-0.3, -0.25) is 0 Å². The van der Waals surface area contributed by atoms with E-state index in [0.29, 0.717) is 24.7 Å². The summed E-state index contributed by atoms with van der Waals surface area (Å²) >= 11 is 0. The largest absolute Gasteiger partial charge is 0.494 e. The van der Waals surface area contributed by atoms with Gasteiger partial charge in [-0.05, 0) is 121 Å². The molecule has 4 fully saturated rings. The molecule has 4 aromatic carbocycles. The minimum Gasteiger partial charge on any atom is -0.399 e. The molecule has 10 heteroatoms. The Morgan fingerprint density at radius 2 is 1.00 bits per heavy atom. The van der Waals surface area contributed by atoms with Gasteiger partial charge in [-0.25, -0.2) is 8.78 Å². The summed E-state index contributed by atoms with van der Waals surface area (Å²) in [7, 11) is -0.650. The van der Waals surface area contributed by atoms with E-state index in [9.17, 15) is 0 Å². The zero-order chi connectivity index (χ0) is 39.2. The summed E-state index contributed by atoms with van der Waals surface area (Å²) in [6.07, 6.45) is 3.69. The lowest BCUT2D eigenvalue weighted by Crippen LogP contribution is -2.41. The molecule has 8 rings (SSSR count). The lowest BCUT2D eigenvalue weighted by atomic mass is 9.78. The Morgan fingerprint density at radius 1 is 0.545 bits per heavy atom. The normalized spacial score (nSPS) is 22.8. The summed E-state index contributed by atoms with van der Waals surface area (Å²) < 4.78 is 55.3. The lowest BCUT2D eigenvalue weighted by Gasteiger charge is -2.35. The third kappa shape index (κ3) is 8.11. The summed E-state index contributed by atoms with van der Waals surface area (Å²) in [5.74, 6) is -0.519. The molecule has 4 aliphatic heterocycles. The minimum atomic E-state index is -0.477. The second-order valence-electron chi connectivity index (χ2n) is 17.5. The van der Waals surface area contributed by atoms with Crippen LogP contribution in [0.5, 0.6) is 0 Å². The molecule has 0 bridgehead atoms. The molecule has 4 aliphatic rings. The van der Waals surface area contributed by atoms with Crippen LogP contribution >= 0.6 is 0 Å². The molecular weight excluding hydrogens is 692 g/mol. The number of anilines is 2. The number of hydrogen-bond donors (Lipinski definition) is 0. The zero-order valence-electron chi connectivity index (χ0n) is 33.8. The maximum atomic E-state index is 15.5. The van der Waals surface area contributed by atoms with Gasteiger partial charge in [0, 0.05) is 25.3 Å². The monoisotopic (exact) mass is 748 g/mol. The molecule has 0 N–H and O–H groups in total. The molecule has 1 atom stereocenters. The molecule has 4 heterocycles. The number of hydrogen-bond acceptors (Lipinski definition) is 6. The van der Waals surface area contributed by atoms with E-state index in [1.165, 1.54) is 17.7 Å². The predicted molar refractivity (Wildman–Crippen MR) is 221 cm³/mol. The second-order valence-corrected chi connectivity index (χ2v) is 17.5. The Hall–Kier alpha value is -3.69. The van der Waals surface area contributed by atoms with Crippen molar-refractivity contribution in [2.45, 2.75) is 115 Å². The molecule has 0 aliphatic carbocycles. The van der Waals surface area contributed by atoms with Crippen molar-refractivity contribution in [3.8, 4) is 0 Å². The highest BCUT2D eigenvalue weighted by molar-refractivity contribution is 6.62. The Labute approximate surface area is 327 Å². The topological polar surface area (TPSA) is 43.4 Å². The van der Waals surface area contributed by atoms with Crippen molar-refractivity contribution in [1.29, 1.82) is 0 Å². The summed E-state index contributed by atoms with van der Waals surface area (Å²) in [5.41, 5.74) is 3.91. The Balaban J connectivity index is 0.000000259. The van der Waals surface area contributed by atoms with Crippen LogP contribution in [0.1, 0.15) is 104 Å². The fourth-order valence-corrected chi connectivity index (χ4v) is 8.05. The molecule has 290 valence electrons. The van der Waals surface area contributed by atoms with E-state index >= 15 is 8.78 Å². The van der Waals surface area contributed by atoms with Crippen LogP contribution in [0.25, 0.3) is 0 Å². The van der Waals surface area contributed by atoms with Crippen molar-refractivity contribution >= 4 is 36.5 Å². The Bertz CT molecular complexity index is 1860. The van der Waals surface area contributed by atoms with Gasteiger partial charge in [0.05, 0.1) is 28.4 Å². The first-order valence-corrected chi connectivity index (χ1v) is 20.0. The average molecular weight is 749 g/mol. The van der Waals surface area contributed by atoms with E-state index in [2.05, 4.69) is 81.1 Å². The molecule has 0 spiro atoms. The van der Waals surface area contributed by atoms with Crippen LogP contribution in [0.2, 0.25) is 0 Å². The van der Waals surface area contributed by atoms with Crippen molar-refractivity contribution in [3.63, 3.8) is 0 Å². The van der Waals surface area contributed by atoms with Gasteiger partial charge in [-0.15, -0.1) is 0 Å². The van der Waals surface area contributed by atoms with Gasteiger partial charge in [-0.1, -0.05) is 84.9 Å². The molecule has 0 radical (unpaired) electrons. The second kappa shape index (κ2) is 15.3. The molecule has 1 unspecified atom stereocenters. The molecule has 0 aromatic heterocycles. The van der Waals surface area contributed by atoms with Crippen LogP contribution in [0.3, 0.4) is 0 Å². The smallest absolute Gasteiger partial charge is 0.399 e. The van der Waals surface area contributed by atoms with Gasteiger partial charge < -0.3 is 28.4 Å². The van der Waals surface area contributed by atoms with Gasteiger partial charge in [-0.2, -0.15) is 0 Å². The van der Waals surface area contributed by atoms with Crippen LogP contribution in [0.15, 0.2) is 97.1 Å². The highest BCUT2D eigenvalue weighted by Crippen LogP contribution is 2.41. The number of benzene rings is 4. The number of rotatable bonds is 6. The molecule has 55 heavy (non-hydrogen) atoms. The van der Waals surface area contributed by atoms with Gasteiger partial charge in [0.2, 0.25) is 0 Å². The first-order valence-electron chi connectivity index (χ1n) is 20.0. The van der Waals surface area contributed by atoms with Crippen molar-refractivity contribution < 1.29 is 27.4 Å². The number of halogens is 2. The fourth-order valence-electron chi connectivity index (χ4n) is 8.05. The molecule has 4 saturated heterocycles. The number of nitrogens with zero attached hydrogens (tertiary/aromatic N) is 2. The molecular formula is C45H56B2F2N2O4. The van der Waals surface area contributed by atoms with Crippen LogP contribution in [-0.4, -0.2) is 56.3 Å². The average Bonchev–Trinajstić information content (AvgIpc) is 3.80. The standard InChI is InChI=1S/C33H39BF2N2O2.C12H17BO2/c1-32(2)33(3,4)40-34(39-32)26-14-12-25(13-15-26)30-11-8-18-38(30)27-21-28(35)31(29(36)22-27)37-19-16-24(17-20-37)23-9-6-5-7-10-23;1-11(2)12(3,4)15-13(14-11)10-8-6-5-7-9-10/h5-7,9-10,12-15,21-22,24,30H,8,11,16-20H2,1-4H3;5-9H,1-4H3. The first kappa shape index (κ1) is 39.5. The van der Waals surface area contributed by atoms with Gasteiger partial charge >= 0.3 is 14.2 Å². The zero-order valence-corrected chi connectivity index (χ0v) is 33.8. The number of piperidine rings is 1. The highest BCUT2D eigenvalue weighted by Gasteiger charge is 2.52. The molecule has 0 saturated carbocycles. The summed E-state index contributed by atoms with van der Waals surface area (Å²) in [5, 5.41) is 0. The Morgan fingerprint density at radius 3 is 1.49 bits per heavy atom. The maximum Gasteiger partial charge on any atom is 0.494 e. The van der Waals surface area contributed by atoms with Gasteiger partial charge in [0.15, 0.2) is 11.6 Å². The van der Waals surface area contributed by atoms with E-state index in [4.69, 9.17) is 18.6 Å². The molecule has 6 nitrogen and oxygen atoms in total. The SMILES string of the molecule is CC1(C)OB(c2ccc(C3CCCN3c3cc(F)c(N4CCC(c5ccccc5)CC4)c(F)c3)cc2)OC1(C)C.CC1(C)OB(c2ccccc2)OC1(C)C. The highest BCUT2D eigenvalue weighted by atomic mass is 19.1.